The number of rotatable bonds is 6. The second kappa shape index (κ2) is 11.8. The van der Waals surface area contributed by atoms with Gasteiger partial charge in [-0.15, -0.1) is 0 Å². The largest absolute Gasteiger partial charge is 0.497 e. The summed E-state index contributed by atoms with van der Waals surface area (Å²) < 4.78 is 28.4. The van der Waals surface area contributed by atoms with Crippen LogP contribution in [0.5, 0.6) is 11.5 Å². The topological polar surface area (TPSA) is 95.6 Å². The molecule has 6 rings (SSSR count). The first-order valence-electron chi connectivity index (χ1n) is 15.1. The average Bonchev–Trinajstić information content (AvgIpc) is 3.03. The Morgan fingerprint density at radius 3 is 2.53 bits per heavy atom. The molecule has 6 unspecified atom stereocenters. The summed E-state index contributed by atoms with van der Waals surface area (Å²) >= 11 is 0. The number of anilines is 1. The maximum Gasteiger partial charge on any atom is 0.338 e. The maximum atomic E-state index is 13.5. The summed E-state index contributed by atoms with van der Waals surface area (Å²) in [6.45, 7) is 6.45. The highest BCUT2D eigenvalue weighted by atomic mass is 16.6. The van der Waals surface area contributed by atoms with Crippen LogP contribution in [0.2, 0.25) is 0 Å². The molecule has 9 heteroatoms. The molecule has 3 heterocycles. The van der Waals surface area contributed by atoms with Crippen LogP contribution in [0.25, 0.3) is 5.57 Å². The summed E-state index contributed by atoms with van der Waals surface area (Å²) in [5.41, 5.74) is 7.50. The van der Waals surface area contributed by atoms with Crippen molar-refractivity contribution in [3.8, 4) is 11.5 Å². The molecule has 0 radical (unpaired) electrons. The molecule has 0 spiro atoms. The molecule has 4 aliphatic rings. The van der Waals surface area contributed by atoms with Crippen molar-refractivity contribution in [2.45, 2.75) is 51.4 Å². The van der Waals surface area contributed by atoms with Crippen LogP contribution in [0.4, 0.5) is 5.69 Å². The van der Waals surface area contributed by atoms with E-state index in [9.17, 15) is 9.59 Å². The van der Waals surface area contributed by atoms with Crippen molar-refractivity contribution in [3.05, 3.63) is 58.2 Å². The van der Waals surface area contributed by atoms with Gasteiger partial charge in [0.1, 0.15) is 23.7 Å². The molecule has 1 N–H and O–H groups in total. The van der Waals surface area contributed by atoms with Crippen molar-refractivity contribution in [1.29, 1.82) is 0 Å². The summed E-state index contributed by atoms with van der Waals surface area (Å²) in [4.78, 5) is 29.4. The lowest BCUT2D eigenvalue weighted by molar-refractivity contribution is -0.175. The molecule has 6 atom stereocenters. The van der Waals surface area contributed by atoms with Crippen LogP contribution in [0.15, 0.2) is 35.9 Å². The molecular weight excluding hydrogens is 548 g/mol. The third-order valence-electron chi connectivity index (χ3n) is 10.3. The van der Waals surface area contributed by atoms with Gasteiger partial charge in [0.25, 0.3) is 0 Å². The van der Waals surface area contributed by atoms with Crippen LogP contribution < -0.4 is 14.8 Å². The van der Waals surface area contributed by atoms with E-state index in [1.54, 1.807) is 27.4 Å². The summed E-state index contributed by atoms with van der Waals surface area (Å²) in [5, 5.41) is 3.62. The predicted molar refractivity (Wildman–Crippen MR) is 163 cm³/mol. The Bertz CT molecular complexity index is 1450. The van der Waals surface area contributed by atoms with Crippen LogP contribution in [0.1, 0.15) is 46.3 Å². The summed E-state index contributed by atoms with van der Waals surface area (Å²) in [5.74, 6) is 0.389. The minimum absolute atomic E-state index is 0.0411. The number of fused-ring (bicyclic) bond motifs is 5. The zero-order valence-electron chi connectivity index (χ0n) is 25.9. The number of esters is 2. The van der Waals surface area contributed by atoms with Crippen LogP contribution >= 0.6 is 0 Å². The first-order chi connectivity index (χ1) is 20.8. The van der Waals surface area contributed by atoms with Crippen molar-refractivity contribution < 1.29 is 33.3 Å². The van der Waals surface area contributed by atoms with E-state index in [4.69, 9.17) is 23.7 Å². The molecule has 230 valence electrons. The lowest BCUT2D eigenvalue weighted by Crippen LogP contribution is -2.60. The Morgan fingerprint density at radius 2 is 1.81 bits per heavy atom. The lowest BCUT2D eigenvalue weighted by Gasteiger charge is -2.54. The number of nitrogens with zero attached hydrogens (tertiary/aromatic N) is 1. The Morgan fingerprint density at radius 1 is 1.00 bits per heavy atom. The van der Waals surface area contributed by atoms with E-state index >= 15 is 0 Å². The highest BCUT2D eigenvalue weighted by Gasteiger charge is 2.54. The van der Waals surface area contributed by atoms with E-state index in [1.807, 2.05) is 26.0 Å². The summed E-state index contributed by atoms with van der Waals surface area (Å²) in [6.07, 6.45) is 1.24. The maximum absolute atomic E-state index is 13.5. The van der Waals surface area contributed by atoms with Gasteiger partial charge >= 0.3 is 11.9 Å². The van der Waals surface area contributed by atoms with Crippen molar-refractivity contribution in [2.24, 2.45) is 17.8 Å². The van der Waals surface area contributed by atoms with E-state index in [0.717, 1.165) is 55.0 Å². The number of piperidine rings is 1. The molecule has 3 aliphatic heterocycles. The fourth-order valence-electron chi connectivity index (χ4n) is 7.99. The van der Waals surface area contributed by atoms with Gasteiger partial charge in [-0.25, -0.2) is 4.79 Å². The number of benzene rings is 2. The molecule has 0 bridgehead atoms. The zero-order chi connectivity index (χ0) is 30.4. The van der Waals surface area contributed by atoms with E-state index < -0.39 is 24.1 Å². The fourth-order valence-corrected chi connectivity index (χ4v) is 7.99. The SMILES string of the molecule is COC(=O)C1C2CC3C4=C(CCN3CC2CC(OC(=O)c2cc(C)c(C)c(OC)c2)C1OC)c1ccc(OC)cc1NC4. The van der Waals surface area contributed by atoms with Gasteiger partial charge in [0.15, 0.2) is 0 Å². The Labute approximate surface area is 253 Å². The zero-order valence-corrected chi connectivity index (χ0v) is 25.9. The van der Waals surface area contributed by atoms with Gasteiger partial charge in [-0.3, -0.25) is 9.69 Å². The number of methoxy groups -OCH3 is 4. The van der Waals surface area contributed by atoms with Gasteiger partial charge in [-0.2, -0.15) is 0 Å². The van der Waals surface area contributed by atoms with E-state index in [0.29, 0.717) is 17.7 Å². The standard InChI is InChI=1S/C34H42N2O7/c1-18-11-20(12-29(40-4)19(18)2)33(37)43-30-13-21-17-36-10-9-23-24-8-7-22(39-3)14-27(24)35-16-26(23)28(36)15-25(21)31(32(30)41-5)34(38)42-6/h7-8,11-12,14,21,25,28,30-32,35H,9-10,13,15-17H2,1-6H3. The summed E-state index contributed by atoms with van der Waals surface area (Å²) in [7, 11) is 6.30. The minimum Gasteiger partial charge on any atom is -0.497 e. The van der Waals surface area contributed by atoms with Crippen LogP contribution in [-0.4, -0.2) is 83.2 Å². The number of aryl methyl sites for hydroxylation is 1. The second-order valence-electron chi connectivity index (χ2n) is 12.2. The van der Waals surface area contributed by atoms with Crippen LogP contribution in [0, 0.1) is 31.6 Å². The van der Waals surface area contributed by atoms with Crippen LogP contribution in [-0.2, 0) is 19.0 Å². The monoisotopic (exact) mass is 590 g/mol. The molecule has 0 amide bonds. The summed E-state index contributed by atoms with van der Waals surface area (Å²) in [6, 6.07) is 10.00. The molecule has 9 nitrogen and oxygen atoms in total. The van der Waals surface area contributed by atoms with Crippen molar-refractivity contribution in [2.75, 3.05) is 53.4 Å². The fraction of sp³-hybridized carbons (Fsp3) is 0.529. The third kappa shape index (κ3) is 5.16. The number of nitrogens with one attached hydrogen (secondary N) is 1. The highest BCUT2D eigenvalue weighted by molar-refractivity contribution is 5.90. The van der Waals surface area contributed by atoms with Gasteiger partial charge in [0, 0.05) is 50.1 Å². The molecular formula is C34H42N2O7. The Hall–Kier alpha value is -3.56. The van der Waals surface area contributed by atoms with Crippen molar-refractivity contribution >= 4 is 23.2 Å². The molecule has 2 fully saturated rings. The van der Waals surface area contributed by atoms with Gasteiger partial charge in [0.2, 0.25) is 0 Å². The van der Waals surface area contributed by atoms with Crippen LogP contribution in [0.3, 0.4) is 0 Å². The molecule has 0 aromatic heterocycles. The Balaban J connectivity index is 1.28. The molecule has 2 aromatic rings. The molecule has 1 saturated heterocycles. The predicted octanol–water partition coefficient (Wildman–Crippen LogP) is 4.64. The number of carbonyl (C=O) groups is 2. The van der Waals surface area contributed by atoms with Gasteiger partial charge in [-0.1, -0.05) is 0 Å². The Kier molecular flexibility index (Phi) is 8.13. The average molecular weight is 591 g/mol. The highest BCUT2D eigenvalue weighted by Crippen LogP contribution is 2.49. The number of hydrogen-bond donors (Lipinski definition) is 1. The molecule has 1 saturated carbocycles. The number of carbonyl (C=O) groups excluding carboxylic acids is 2. The first-order valence-corrected chi connectivity index (χ1v) is 15.1. The normalized spacial score (nSPS) is 28.0. The minimum atomic E-state index is -0.604. The van der Waals surface area contributed by atoms with Gasteiger partial charge in [-0.05, 0) is 91.5 Å². The van der Waals surface area contributed by atoms with Gasteiger partial charge in [0.05, 0.1) is 32.8 Å². The van der Waals surface area contributed by atoms with E-state index in [-0.39, 0.29) is 23.8 Å². The molecule has 2 aromatic carbocycles. The van der Waals surface area contributed by atoms with Gasteiger partial charge < -0.3 is 29.0 Å². The smallest absolute Gasteiger partial charge is 0.338 e. The lowest BCUT2D eigenvalue weighted by atomic mass is 9.63. The second-order valence-corrected chi connectivity index (χ2v) is 12.2. The molecule has 1 aliphatic carbocycles. The molecule has 43 heavy (non-hydrogen) atoms. The van der Waals surface area contributed by atoms with E-state index in [2.05, 4.69) is 22.3 Å². The third-order valence-corrected chi connectivity index (χ3v) is 10.3. The number of ether oxygens (including phenoxy) is 5. The van der Waals surface area contributed by atoms with Crippen molar-refractivity contribution in [1.82, 2.24) is 4.90 Å². The first kappa shape index (κ1) is 29.5. The number of hydrogen-bond acceptors (Lipinski definition) is 9. The van der Waals surface area contributed by atoms with E-state index in [1.165, 1.54) is 23.8 Å². The quantitative estimate of drug-likeness (QED) is 0.483. The van der Waals surface area contributed by atoms with Crippen molar-refractivity contribution in [3.63, 3.8) is 0 Å².